The zero-order valence-electron chi connectivity index (χ0n) is 11.7. The fourth-order valence-corrected chi connectivity index (χ4v) is 3.11. The predicted octanol–water partition coefficient (Wildman–Crippen LogP) is 3.39. The molecule has 0 radical (unpaired) electrons. The molecule has 0 spiro atoms. The molecule has 5 heteroatoms. The van der Waals surface area contributed by atoms with Crippen molar-refractivity contribution in [2.45, 2.75) is 33.1 Å². The smallest absolute Gasteiger partial charge is 0.180 e. The van der Waals surface area contributed by atoms with Crippen LogP contribution in [0.15, 0.2) is 17.5 Å². The second-order valence-corrected chi connectivity index (χ2v) is 6.08. The highest BCUT2D eigenvalue weighted by Crippen LogP contribution is 2.19. The van der Waals surface area contributed by atoms with Gasteiger partial charge in [-0.1, -0.05) is 6.07 Å². The molecule has 0 amide bonds. The summed E-state index contributed by atoms with van der Waals surface area (Å²) >= 11 is 1.50. The van der Waals surface area contributed by atoms with Crippen molar-refractivity contribution in [2.75, 3.05) is 5.73 Å². The second-order valence-electron chi connectivity index (χ2n) is 5.19. The Kier molecular flexibility index (Phi) is 3.44. The number of H-pyrrole nitrogens is 1. The molecular weight excluding hydrogens is 268 g/mol. The lowest BCUT2D eigenvalue weighted by Gasteiger charge is -1.96. The van der Waals surface area contributed by atoms with Crippen LogP contribution in [0.4, 0.5) is 5.13 Å². The summed E-state index contributed by atoms with van der Waals surface area (Å²) in [6.07, 6.45) is 2.91. The van der Waals surface area contributed by atoms with Crippen molar-refractivity contribution in [1.29, 1.82) is 0 Å². The highest BCUT2D eigenvalue weighted by molar-refractivity contribution is 7.13. The normalized spacial score (nSPS) is 11.3. The number of nitrogen functional groups attached to an aromatic ring is 1. The van der Waals surface area contributed by atoms with Gasteiger partial charge in [0.25, 0.3) is 0 Å². The van der Waals surface area contributed by atoms with Gasteiger partial charge in [0.15, 0.2) is 5.13 Å². The van der Waals surface area contributed by atoms with Crippen LogP contribution in [0.25, 0.3) is 11.0 Å². The van der Waals surface area contributed by atoms with Crippen LogP contribution in [0.2, 0.25) is 0 Å². The van der Waals surface area contributed by atoms with Crippen molar-refractivity contribution in [3.63, 3.8) is 0 Å². The van der Waals surface area contributed by atoms with Crippen LogP contribution < -0.4 is 5.73 Å². The number of nitrogens with two attached hydrogens (primary N) is 1. The number of fused-ring (bicyclic) bond motifs is 1. The standard InChI is InChI=1S/C15H18N4S/c1-9-6-10(2)14-12(7-9)18-13(19-14)5-3-4-11-8-20-15(16)17-11/h6-8H,3-5H2,1-2H3,(H2,16,17)(H,18,19). The van der Waals surface area contributed by atoms with Crippen molar-refractivity contribution in [1.82, 2.24) is 15.0 Å². The average Bonchev–Trinajstić information content (AvgIpc) is 2.96. The lowest BCUT2D eigenvalue weighted by molar-refractivity contribution is 0.774. The molecule has 0 saturated carbocycles. The van der Waals surface area contributed by atoms with E-state index in [0.717, 1.165) is 41.8 Å². The van der Waals surface area contributed by atoms with Crippen molar-refractivity contribution < 1.29 is 0 Å². The first-order valence-electron chi connectivity index (χ1n) is 6.77. The number of aromatic amines is 1. The maximum absolute atomic E-state index is 5.63. The Morgan fingerprint density at radius 3 is 2.80 bits per heavy atom. The third-order valence-electron chi connectivity index (χ3n) is 3.39. The van der Waals surface area contributed by atoms with E-state index in [0.29, 0.717) is 5.13 Å². The van der Waals surface area contributed by atoms with Gasteiger partial charge in [-0.25, -0.2) is 9.97 Å². The van der Waals surface area contributed by atoms with Gasteiger partial charge in [-0.05, 0) is 43.9 Å². The van der Waals surface area contributed by atoms with Crippen LogP contribution in [0.5, 0.6) is 0 Å². The summed E-state index contributed by atoms with van der Waals surface area (Å²) in [7, 11) is 0. The van der Waals surface area contributed by atoms with Crippen molar-refractivity contribution in [2.24, 2.45) is 0 Å². The zero-order chi connectivity index (χ0) is 14.1. The van der Waals surface area contributed by atoms with Crippen molar-refractivity contribution in [3.8, 4) is 0 Å². The minimum absolute atomic E-state index is 0.648. The van der Waals surface area contributed by atoms with Crippen LogP contribution in [0.1, 0.15) is 29.1 Å². The molecule has 4 nitrogen and oxygen atoms in total. The highest BCUT2D eigenvalue weighted by atomic mass is 32.1. The van der Waals surface area contributed by atoms with Crippen molar-refractivity contribution >= 4 is 27.5 Å². The number of imidazole rings is 1. The molecule has 3 rings (SSSR count). The Morgan fingerprint density at radius 2 is 2.05 bits per heavy atom. The number of thiazole rings is 1. The molecular formula is C15H18N4S. The van der Waals surface area contributed by atoms with Gasteiger partial charge in [-0.3, -0.25) is 0 Å². The first-order chi connectivity index (χ1) is 9.61. The summed E-state index contributed by atoms with van der Waals surface area (Å²) in [5, 5.41) is 2.68. The molecule has 0 aliphatic carbocycles. The van der Waals surface area contributed by atoms with Crippen LogP contribution >= 0.6 is 11.3 Å². The van der Waals surface area contributed by atoms with Crippen LogP contribution in [-0.4, -0.2) is 15.0 Å². The summed E-state index contributed by atoms with van der Waals surface area (Å²) in [4.78, 5) is 12.4. The molecule has 1 aromatic carbocycles. The van der Waals surface area contributed by atoms with Gasteiger partial charge in [-0.2, -0.15) is 0 Å². The Hall–Kier alpha value is -1.88. The quantitative estimate of drug-likeness (QED) is 0.772. The largest absolute Gasteiger partial charge is 0.375 e. The topological polar surface area (TPSA) is 67.6 Å². The molecule has 2 aromatic heterocycles. The van der Waals surface area contributed by atoms with Gasteiger partial charge in [0, 0.05) is 11.8 Å². The monoisotopic (exact) mass is 286 g/mol. The van der Waals surface area contributed by atoms with Gasteiger partial charge < -0.3 is 10.7 Å². The molecule has 2 heterocycles. The van der Waals surface area contributed by atoms with E-state index in [1.165, 1.54) is 22.5 Å². The zero-order valence-corrected chi connectivity index (χ0v) is 12.5. The maximum Gasteiger partial charge on any atom is 0.180 e. The van der Waals surface area contributed by atoms with Gasteiger partial charge in [0.05, 0.1) is 16.7 Å². The minimum Gasteiger partial charge on any atom is -0.375 e. The fraction of sp³-hybridized carbons (Fsp3) is 0.333. The average molecular weight is 286 g/mol. The molecule has 3 N–H and O–H groups in total. The highest BCUT2D eigenvalue weighted by Gasteiger charge is 2.06. The Labute approximate surface area is 122 Å². The van der Waals surface area contributed by atoms with E-state index in [1.54, 1.807) is 0 Å². The number of aryl methyl sites for hydroxylation is 4. The lowest BCUT2D eigenvalue weighted by atomic mass is 10.1. The van der Waals surface area contributed by atoms with E-state index in [2.05, 4.69) is 35.9 Å². The summed E-state index contributed by atoms with van der Waals surface area (Å²) < 4.78 is 0. The molecule has 0 aliphatic rings. The van der Waals surface area contributed by atoms with E-state index >= 15 is 0 Å². The molecule has 104 valence electrons. The molecule has 0 aliphatic heterocycles. The predicted molar refractivity (Wildman–Crippen MR) is 84.1 cm³/mol. The summed E-state index contributed by atoms with van der Waals surface area (Å²) in [5.41, 5.74) is 11.4. The summed E-state index contributed by atoms with van der Waals surface area (Å²) in [5.74, 6) is 1.05. The molecule has 0 unspecified atom stereocenters. The Balaban J connectivity index is 1.70. The van der Waals surface area contributed by atoms with E-state index < -0.39 is 0 Å². The summed E-state index contributed by atoms with van der Waals surface area (Å²) in [6.45, 7) is 4.22. The summed E-state index contributed by atoms with van der Waals surface area (Å²) in [6, 6.07) is 4.32. The number of hydrogen-bond acceptors (Lipinski definition) is 4. The first-order valence-corrected chi connectivity index (χ1v) is 7.65. The second kappa shape index (κ2) is 5.25. The third kappa shape index (κ3) is 2.67. The number of aromatic nitrogens is 3. The fourth-order valence-electron chi connectivity index (χ4n) is 2.51. The SMILES string of the molecule is Cc1cc(C)c2nc(CCCc3csc(N)n3)[nH]c2c1. The van der Waals surface area contributed by atoms with Crippen LogP contribution in [0.3, 0.4) is 0 Å². The molecule has 3 aromatic rings. The number of nitrogens with one attached hydrogen (secondary N) is 1. The molecule has 0 fully saturated rings. The van der Waals surface area contributed by atoms with Gasteiger partial charge in [-0.15, -0.1) is 11.3 Å². The number of hydrogen-bond donors (Lipinski definition) is 2. The van der Waals surface area contributed by atoms with Crippen molar-refractivity contribution in [3.05, 3.63) is 40.2 Å². The number of anilines is 1. The number of rotatable bonds is 4. The maximum atomic E-state index is 5.63. The number of nitrogens with zero attached hydrogens (tertiary/aromatic N) is 2. The molecule has 0 bridgehead atoms. The van der Waals surface area contributed by atoms with E-state index in [4.69, 9.17) is 10.7 Å². The number of benzene rings is 1. The van der Waals surface area contributed by atoms with Gasteiger partial charge in [0.1, 0.15) is 5.82 Å². The Morgan fingerprint density at radius 1 is 1.20 bits per heavy atom. The van der Waals surface area contributed by atoms with E-state index in [9.17, 15) is 0 Å². The lowest BCUT2D eigenvalue weighted by Crippen LogP contribution is -1.93. The van der Waals surface area contributed by atoms with Crippen LogP contribution in [-0.2, 0) is 12.8 Å². The van der Waals surface area contributed by atoms with Crippen LogP contribution in [0, 0.1) is 13.8 Å². The van der Waals surface area contributed by atoms with E-state index in [-0.39, 0.29) is 0 Å². The molecule has 0 saturated heterocycles. The first kappa shape index (κ1) is 13.1. The van der Waals surface area contributed by atoms with Gasteiger partial charge in [0.2, 0.25) is 0 Å². The molecule has 20 heavy (non-hydrogen) atoms. The Bertz CT molecular complexity index is 741. The third-order valence-corrected chi connectivity index (χ3v) is 4.11. The molecule has 0 atom stereocenters. The van der Waals surface area contributed by atoms with E-state index in [1.807, 2.05) is 5.38 Å². The minimum atomic E-state index is 0.648. The van der Waals surface area contributed by atoms with Gasteiger partial charge >= 0.3 is 0 Å².